The van der Waals surface area contributed by atoms with Gasteiger partial charge in [-0.2, -0.15) is 15.4 Å². The molecule has 0 aliphatic carbocycles. The minimum absolute atomic E-state index is 0.102. The molecule has 0 aliphatic rings. The number of aromatic amines is 1. The van der Waals surface area contributed by atoms with Gasteiger partial charge in [0.05, 0.1) is 6.61 Å². The Kier molecular flexibility index (Phi) is 4.44. The van der Waals surface area contributed by atoms with Crippen LogP contribution < -0.4 is 5.32 Å². The van der Waals surface area contributed by atoms with Crippen molar-refractivity contribution in [3.05, 3.63) is 36.0 Å². The Balaban J connectivity index is 2.09. The molecule has 1 atom stereocenters. The maximum Gasteiger partial charge on any atom is 0.117 e. The first kappa shape index (κ1) is 12.7. The molecular weight excluding hydrogens is 228 g/mol. The molecular formula is C13H18N4O. The molecule has 0 saturated heterocycles. The van der Waals surface area contributed by atoms with Gasteiger partial charge in [0, 0.05) is 18.2 Å². The number of hydrogen-bond donors (Lipinski definition) is 3. The van der Waals surface area contributed by atoms with Crippen LogP contribution in [0.2, 0.25) is 0 Å². The third kappa shape index (κ3) is 2.94. The predicted molar refractivity (Wildman–Crippen MR) is 69.8 cm³/mol. The van der Waals surface area contributed by atoms with E-state index >= 15 is 0 Å². The summed E-state index contributed by atoms with van der Waals surface area (Å²) in [6.45, 7) is 2.77. The van der Waals surface area contributed by atoms with E-state index < -0.39 is 0 Å². The second-order valence-electron chi connectivity index (χ2n) is 4.15. The Morgan fingerprint density at radius 3 is 2.72 bits per heavy atom. The van der Waals surface area contributed by atoms with Crippen LogP contribution >= 0.6 is 0 Å². The summed E-state index contributed by atoms with van der Waals surface area (Å²) in [5.41, 5.74) is 2.77. The highest BCUT2D eigenvalue weighted by atomic mass is 16.3. The zero-order chi connectivity index (χ0) is 12.8. The van der Waals surface area contributed by atoms with Crippen molar-refractivity contribution >= 4 is 0 Å². The molecule has 1 heterocycles. The van der Waals surface area contributed by atoms with Crippen LogP contribution in [0.5, 0.6) is 0 Å². The summed E-state index contributed by atoms with van der Waals surface area (Å²) in [5.74, 6) is 0. The number of rotatable bonds is 6. The summed E-state index contributed by atoms with van der Waals surface area (Å²) in [7, 11) is 0. The molecule has 2 aromatic rings. The first-order valence-corrected chi connectivity index (χ1v) is 6.14. The third-order valence-corrected chi connectivity index (χ3v) is 2.94. The van der Waals surface area contributed by atoms with Crippen molar-refractivity contribution < 1.29 is 5.11 Å². The molecule has 0 saturated carbocycles. The maximum atomic E-state index is 9.13. The fourth-order valence-corrected chi connectivity index (χ4v) is 1.78. The number of H-pyrrole nitrogens is 1. The van der Waals surface area contributed by atoms with E-state index in [0.717, 1.165) is 23.4 Å². The number of nitrogens with one attached hydrogen (secondary N) is 2. The van der Waals surface area contributed by atoms with Gasteiger partial charge in [-0.25, -0.2) is 0 Å². The van der Waals surface area contributed by atoms with E-state index in [9.17, 15) is 0 Å². The van der Waals surface area contributed by atoms with Gasteiger partial charge in [-0.15, -0.1) is 0 Å². The molecule has 5 heteroatoms. The largest absolute Gasteiger partial charge is 0.395 e. The van der Waals surface area contributed by atoms with Crippen molar-refractivity contribution in [3.63, 3.8) is 0 Å². The first-order chi connectivity index (χ1) is 8.85. The first-order valence-electron chi connectivity index (χ1n) is 6.14. The second kappa shape index (κ2) is 6.28. The highest BCUT2D eigenvalue weighted by molar-refractivity contribution is 5.60. The van der Waals surface area contributed by atoms with Gasteiger partial charge in [-0.3, -0.25) is 0 Å². The van der Waals surface area contributed by atoms with Crippen molar-refractivity contribution in [1.29, 1.82) is 0 Å². The SMILES string of the molecule is CC[C@H](CO)NCc1n[nH]nc1-c1ccccc1. The minimum Gasteiger partial charge on any atom is -0.395 e. The maximum absolute atomic E-state index is 9.13. The van der Waals surface area contributed by atoms with Gasteiger partial charge in [-0.1, -0.05) is 37.3 Å². The van der Waals surface area contributed by atoms with Gasteiger partial charge in [0.25, 0.3) is 0 Å². The molecule has 5 nitrogen and oxygen atoms in total. The van der Waals surface area contributed by atoms with Crippen molar-refractivity contribution in [2.24, 2.45) is 0 Å². The fraction of sp³-hybridized carbons (Fsp3) is 0.385. The van der Waals surface area contributed by atoms with Crippen molar-refractivity contribution in [2.75, 3.05) is 6.61 Å². The van der Waals surface area contributed by atoms with Crippen molar-refractivity contribution in [2.45, 2.75) is 25.9 Å². The predicted octanol–water partition coefficient (Wildman–Crippen LogP) is 1.33. The Bertz CT molecular complexity index is 465. The number of hydrogen-bond acceptors (Lipinski definition) is 4. The lowest BCUT2D eigenvalue weighted by molar-refractivity contribution is 0.238. The van der Waals surface area contributed by atoms with Crippen LogP contribution in [-0.2, 0) is 6.54 Å². The van der Waals surface area contributed by atoms with Crippen LogP contribution in [-0.4, -0.2) is 33.2 Å². The molecule has 1 aromatic carbocycles. The standard InChI is InChI=1S/C13H18N4O/c1-2-11(9-18)14-8-12-13(16-17-15-12)10-6-4-3-5-7-10/h3-7,11,14,18H,2,8-9H2,1H3,(H,15,16,17)/t11-/m1/s1. The van der Waals surface area contributed by atoms with Crippen LogP contribution in [0, 0.1) is 0 Å². The molecule has 0 amide bonds. The fourth-order valence-electron chi connectivity index (χ4n) is 1.78. The van der Waals surface area contributed by atoms with E-state index in [-0.39, 0.29) is 12.6 Å². The van der Waals surface area contributed by atoms with Crippen LogP contribution in [0.4, 0.5) is 0 Å². The van der Waals surface area contributed by atoms with Gasteiger partial charge in [-0.05, 0) is 6.42 Å². The monoisotopic (exact) mass is 246 g/mol. The van der Waals surface area contributed by atoms with E-state index in [1.807, 2.05) is 37.3 Å². The van der Waals surface area contributed by atoms with Gasteiger partial charge < -0.3 is 10.4 Å². The van der Waals surface area contributed by atoms with Crippen molar-refractivity contribution in [3.8, 4) is 11.3 Å². The Hall–Kier alpha value is -1.72. The number of aliphatic hydroxyl groups excluding tert-OH is 1. The molecule has 1 aromatic heterocycles. The quantitative estimate of drug-likeness (QED) is 0.719. The topological polar surface area (TPSA) is 73.8 Å². The van der Waals surface area contributed by atoms with E-state index in [0.29, 0.717) is 6.54 Å². The molecule has 0 radical (unpaired) electrons. The second-order valence-corrected chi connectivity index (χ2v) is 4.15. The van der Waals surface area contributed by atoms with Crippen LogP contribution in [0.15, 0.2) is 30.3 Å². The van der Waals surface area contributed by atoms with E-state index in [2.05, 4.69) is 20.7 Å². The number of benzene rings is 1. The van der Waals surface area contributed by atoms with Gasteiger partial charge >= 0.3 is 0 Å². The van der Waals surface area contributed by atoms with E-state index in [1.54, 1.807) is 0 Å². The molecule has 96 valence electrons. The highest BCUT2D eigenvalue weighted by Crippen LogP contribution is 2.18. The molecule has 0 bridgehead atoms. The summed E-state index contributed by atoms with van der Waals surface area (Å²) in [5, 5.41) is 23.4. The number of nitrogens with zero attached hydrogens (tertiary/aromatic N) is 2. The third-order valence-electron chi connectivity index (χ3n) is 2.94. The van der Waals surface area contributed by atoms with Crippen LogP contribution in [0.25, 0.3) is 11.3 Å². The normalized spacial score (nSPS) is 12.6. The molecule has 0 fully saturated rings. The lowest BCUT2D eigenvalue weighted by Gasteiger charge is -2.12. The Morgan fingerprint density at radius 1 is 1.28 bits per heavy atom. The zero-order valence-corrected chi connectivity index (χ0v) is 10.4. The molecule has 0 aliphatic heterocycles. The molecule has 18 heavy (non-hydrogen) atoms. The Morgan fingerprint density at radius 2 is 2.06 bits per heavy atom. The average Bonchev–Trinajstić information content (AvgIpc) is 2.89. The molecule has 3 N–H and O–H groups in total. The summed E-state index contributed by atoms with van der Waals surface area (Å²) in [6.07, 6.45) is 0.884. The summed E-state index contributed by atoms with van der Waals surface area (Å²) in [4.78, 5) is 0. The van der Waals surface area contributed by atoms with E-state index in [1.165, 1.54) is 0 Å². The average molecular weight is 246 g/mol. The van der Waals surface area contributed by atoms with Crippen LogP contribution in [0.1, 0.15) is 19.0 Å². The smallest absolute Gasteiger partial charge is 0.117 e. The van der Waals surface area contributed by atoms with Gasteiger partial charge in [0.2, 0.25) is 0 Å². The zero-order valence-electron chi connectivity index (χ0n) is 10.4. The molecule has 2 rings (SSSR count). The highest BCUT2D eigenvalue weighted by Gasteiger charge is 2.11. The van der Waals surface area contributed by atoms with Gasteiger partial charge in [0.15, 0.2) is 0 Å². The Labute approximate surface area is 106 Å². The van der Waals surface area contributed by atoms with Crippen molar-refractivity contribution in [1.82, 2.24) is 20.7 Å². The number of aromatic nitrogens is 3. The summed E-state index contributed by atoms with van der Waals surface area (Å²) in [6, 6.07) is 10.0. The summed E-state index contributed by atoms with van der Waals surface area (Å²) >= 11 is 0. The minimum atomic E-state index is 0.102. The van der Waals surface area contributed by atoms with E-state index in [4.69, 9.17) is 5.11 Å². The lowest BCUT2D eigenvalue weighted by Crippen LogP contribution is -2.31. The van der Waals surface area contributed by atoms with Crippen LogP contribution in [0.3, 0.4) is 0 Å². The molecule has 0 spiro atoms. The van der Waals surface area contributed by atoms with Gasteiger partial charge in [0.1, 0.15) is 11.4 Å². The molecule has 0 unspecified atom stereocenters. The lowest BCUT2D eigenvalue weighted by atomic mass is 10.1. The summed E-state index contributed by atoms with van der Waals surface area (Å²) < 4.78 is 0. The number of aliphatic hydroxyl groups is 1.